The minimum absolute atomic E-state index is 0.217. The topological polar surface area (TPSA) is 69.2 Å². The molecule has 7 heteroatoms. The molecule has 0 saturated heterocycles. The van der Waals surface area contributed by atoms with E-state index in [1.165, 1.54) is 0 Å². The summed E-state index contributed by atoms with van der Waals surface area (Å²) in [5.41, 5.74) is 0. The van der Waals surface area contributed by atoms with Gasteiger partial charge in [-0.05, 0) is 54.1 Å². The van der Waals surface area contributed by atoms with Crippen LogP contribution >= 0.6 is 22.6 Å². The highest BCUT2D eigenvalue weighted by molar-refractivity contribution is 14.1. The lowest BCUT2D eigenvalue weighted by molar-refractivity contribution is 0.285. The van der Waals surface area contributed by atoms with Crippen molar-refractivity contribution in [3.05, 3.63) is 27.8 Å². The third-order valence-corrected chi connectivity index (χ3v) is 3.04. The van der Waals surface area contributed by atoms with E-state index in [0.29, 0.717) is 24.8 Å². The number of benzene rings is 1. The third kappa shape index (κ3) is 5.00. The van der Waals surface area contributed by atoms with Crippen molar-refractivity contribution in [1.82, 2.24) is 15.0 Å². The molecule has 0 aliphatic rings. The Morgan fingerprint density at radius 1 is 1.14 bits per heavy atom. The highest BCUT2D eigenvalue weighted by Crippen LogP contribution is 2.22. The third-order valence-electron chi connectivity index (χ3n) is 2.37. The predicted octanol–water partition coefficient (Wildman–Crippen LogP) is 3.49. The van der Waals surface area contributed by atoms with Crippen molar-refractivity contribution >= 4 is 28.5 Å². The second kappa shape index (κ2) is 7.96. The van der Waals surface area contributed by atoms with E-state index >= 15 is 0 Å². The number of aromatic nitrogens is 3. The molecule has 0 aliphatic carbocycles. The molecular formula is C14H17IN4O2. The summed E-state index contributed by atoms with van der Waals surface area (Å²) in [6.07, 6.45) is 0.884. The molecule has 21 heavy (non-hydrogen) atoms. The average Bonchev–Trinajstić information content (AvgIpc) is 2.45. The molecule has 0 amide bonds. The largest absolute Gasteiger partial charge is 0.463 e. The van der Waals surface area contributed by atoms with Crippen LogP contribution in [0.2, 0.25) is 0 Å². The van der Waals surface area contributed by atoms with Gasteiger partial charge in [0, 0.05) is 10.1 Å². The van der Waals surface area contributed by atoms with Crippen molar-refractivity contribution in [2.45, 2.75) is 20.3 Å². The first kappa shape index (κ1) is 15.7. The highest BCUT2D eigenvalue weighted by Gasteiger charge is 2.09. The Bertz CT molecular complexity index is 595. The van der Waals surface area contributed by atoms with Crippen LogP contribution in [0.4, 0.5) is 5.95 Å². The van der Waals surface area contributed by atoms with Gasteiger partial charge in [-0.3, -0.25) is 0 Å². The van der Waals surface area contributed by atoms with Crippen LogP contribution in [0.25, 0.3) is 0 Å². The van der Waals surface area contributed by atoms with E-state index in [2.05, 4.69) is 42.9 Å². The van der Waals surface area contributed by atoms with Gasteiger partial charge < -0.3 is 14.8 Å². The first-order valence-electron chi connectivity index (χ1n) is 6.77. The fourth-order valence-electron chi connectivity index (χ4n) is 1.51. The molecule has 0 aliphatic heterocycles. The molecule has 2 aromatic rings. The van der Waals surface area contributed by atoms with Crippen LogP contribution in [0, 0.1) is 3.57 Å². The summed E-state index contributed by atoms with van der Waals surface area (Å²) < 4.78 is 12.2. The van der Waals surface area contributed by atoms with E-state index in [4.69, 9.17) is 9.47 Å². The second-order valence-corrected chi connectivity index (χ2v) is 5.41. The Kier molecular flexibility index (Phi) is 5.97. The Morgan fingerprint density at radius 2 is 1.95 bits per heavy atom. The van der Waals surface area contributed by atoms with Gasteiger partial charge in [0.25, 0.3) is 0 Å². The molecule has 0 radical (unpaired) electrons. The minimum atomic E-state index is 0.217. The number of rotatable bonds is 7. The van der Waals surface area contributed by atoms with Gasteiger partial charge in [-0.15, -0.1) is 4.98 Å². The van der Waals surface area contributed by atoms with Gasteiger partial charge >= 0.3 is 12.0 Å². The average molecular weight is 400 g/mol. The van der Waals surface area contributed by atoms with Crippen LogP contribution in [0.15, 0.2) is 24.3 Å². The van der Waals surface area contributed by atoms with Crippen molar-refractivity contribution in [3.63, 3.8) is 0 Å². The Balaban J connectivity index is 2.22. The van der Waals surface area contributed by atoms with Crippen molar-refractivity contribution < 1.29 is 9.47 Å². The van der Waals surface area contributed by atoms with Crippen molar-refractivity contribution in [3.8, 4) is 17.8 Å². The molecule has 6 nitrogen and oxygen atoms in total. The Hall–Kier alpha value is -1.64. The lowest BCUT2D eigenvalue weighted by Crippen LogP contribution is -2.08. The lowest BCUT2D eigenvalue weighted by Gasteiger charge is -2.09. The fraction of sp³-hybridized carbons (Fsp3) is 0.357. The number of hydrogen-bond acceptors (Lipinski definition) is 6. The smallest absolute Gasteiger partial charge is 0.330 e. The van der Waals surface area contributed by atoms with Crippen LogP contribution in [0.5, 0.6) is 17.8 Å². The highest BCUT2D eigenvalue weighted by atomic mass is 127. The lowest BCUT2D eigenvalue weighted by atomic mass is 10.3. The monoisotopic (exact) mass is 400 g/mol. The molecule has 0 bridgehead atoms. The number of nitrogens with one attached hydrogen (secondary N) is 1. The molecule has 1 N–H and O–H groups in total. The number of nitrogens with zero attached hydrogens (tertiary/aromatic N) is 3. The van der Waals surface area contributed by atoms with E-state index in [1.54, 1.807) is 0 Å². The molecule has 0 fully saturated rings. The zero-order valence-corrected chi connectivity index (χ0v) is 14.1. The Labute approximate surface area is 137 Å². The van der Waals surface area contributed by atoms with Gasteiger partial charge in [-0.2, -0.15) is 9.97 Å². The summed E-state index contributed by atoms with van der Waals surface area (Å²) in [5, 5.41) is 3.04. The summed E-state index contributed by atoms with van der Waals surface area (Å²) in [6, 6.07) is 8.14. The zero-order valence-electron chi connectivity index (χ0n) is 12.0. The summed E-state index contributed by atoms with van der Waals surface area (Å²) in [4.78, 5) is 12.6. The van der Waals surface area contributed by atoms with E-state index in [-0.39, 0.29) is 12.0 Å². The van der Waals surface area contributed by atoms with Crippen LogP contribution in [-0.2, 0) is 0 Å². The molecule has 1 aromatic carbocycles. The first-order chi connectivity index (χ1) is 10.2. The van der Waals surface area contributed by atoms with Crippen LogP contribution in [-0.4, -0.2) is 28.1 Å². The normalized spacial score (nSPS) is 10.2. The van der Waals surface area contributed by atoms with E-state index in [1.807, 2.05) is 38.1 Å². The maximum atomic E-state index is 5.68. The number of halogens is 1. The number of anilines is 1. The fourth-order valence-corrected chi connectivity index (χ4v) is 2.03. The van der Waals surface area contributed by atoms with Crippen LogP contribution in [0.1, 0.15) is 20.3 Å². The molecule has 2 rings (SSSR count). The predicted molar refractivity (Wildman–Crippen MR) is 89.0 cm³/mol. The molecule has 0 spiro atoms. The van der Waals surface area contributed by atoms with Gasteiger partial charge in [0.1, 0.15) is 5.75 Å². The maximum Gasteiger partial charge on any atom is 0.330 e. The molecular weight excluding hydrogens is 383 g/mol. The zero-order chi connectivity index (χ0) is 15.1. The SMILES string of the molecule is CCCOc1nc(NCC)nc(Oc2cccc(I)c2)n1. The molecule has 1 aromatic heterocycles. The minimum Gasteiger partial charge on any atom is -0.463 e. The number of hydrogen-bond donors (Lipinski definition) is 1. The van der Waals surface area contributed by atoms with Crippen LogP contribution in [0.3, 0.4) is 0 Å². The van der Waals surface area contributed by atoms with Gasteiger partial charge in [-0.25, -0.2) is 0 Å². The molecule has 0 atom stereocenters. The second-order valence-electron chi connectivity index (χ2n) is 4.16. The standard InChI is InChI=1S/C14H17IN4O2/c1-3-8-20-13-17-12(16-4-2)18-14(19-13)21-11-7-5-6-10(15)9-11/h5-7,9H,3-4,8H2,1-2H3,(H,16,17,18,19). The summed E-state index contributed by atoms with van der Waals surface area (Å²) in [6.45, 7) is 5.25. The van der Waals surface area contributed by atoms with E-state index in [9.17, 15) is 0 Å². The molecule has 0 saturated carbocycles. The van der Waals surface area contributed by atoms with E-state index < -0.39 is 0 Å². The Morgan fingerprint density at radius 3 is 2.67 bits per heavy atom. The quantitative estimate of drug-likeness (QED) is 0.718. The van der Waals surface area contributed by atoms with Gasteiger partial charge in [0.2, 0.25) is 5.95 Å². The van der Waals surface area contributed by atoms with Crippen molar-refractivity contribution in [2.75, 3.05) is 18.5 Å². The van der Waals surface area contributed by atoms with Crippen LogP contribution < -0.4 is 14.8 Å². The molecule has 112 valence electrons. The molecule has 0 unspecified atom stereocenters. The van der Waals surface area contributed by atoms with Gasteiger partial charge in [-0.1, -0.05) is 13.0 Å². The van der Waals surface area contributed by atoms with Crippen molar-refractivity contribution in [2.24, 2.45) is 0 Å². The van der Waals surface area contributed by atoms with Gasteiger partial charge in [0.05, 0.1) is 6.61 Å². The number of ether oxygens (including phenoxy) is 2. The van der Waals surface area contributed by atoms with Crippen molar-refractivity contribution in [1.29, 1.82) is 0 Å². The first-order valence-corrected chi connectivity index (χ1v) is 7.85. The summed E-state index contributed by atoms with van der Waals surface area (Å²) in [7, 11) is 0. The maximum absolute atomic E-state index is 5.68. The van der Waals surface area contributed by atoms with Gasteiger partial charge in [0.15, 0.2) is 0 Å². The summed E-state index contributed by atoms with van der Waals surface area (Å²) >= 11 is 2.22. The molecule has 1 heterocycles. The summed E-state index contributed by atoms with van der Waals surface area (Å²) in [5.74, 6) is 1.12. The van der Waals surface area contributed by atoms with E-state index in [0.717, 1.165) is 9.99 Å².